The Morgan fingerprint density at radius 1 is 1.04 bits per heavy atom. The Morgan fingerprint density at radius 2 is 1.81 bits per heavy atom. The van der Waals surface area contributed by atoms with Gasteiger partial charge in [-0.2, -0.15) is 11.8 Å². The molecule has 1 aliphatic rings. The highest BCUT2D eigenvalue weighted by Crippen LogP contribution is 2.42. The van der Waals surface area contributed by atoms with E-state index in [9.17, 15) is 5.11 Å². The van der Waals surface area contributed by atoms with Crippen LogP contribution in [0.25, 0.3) is 0 Å². The van der Waals surface area contributed by atoms with Crippen molar-refractivity contribution in [1.82, 2.24) is 0 Å². The molecular formula is C21H27NO4S. The molecule has 6 heteroatoms. The van der Waals surface area contributed by atoms with Crippen LogP contribution in [0.1, 0.15) is 36.0 Å². The lowest BCUT2D eigenvalue weighted by Crippen LogP contribution is -2.38. The molecule has 146 valence electrons. The van der Waals surface area contributed by atoms with E-state index in [0.717, 1.165) is 22.4 Å². The highest BCUT2D eigenvalue weighted by atomic mass is 32.2. The van der Waals surface area contributed by atoms with Gasteiger partial charge in [0, 0.05) is 28.7 Å². The van der Waals surface area contributed by atoms with Gasteiger partial charge in [-0.15, -0.1) is 0 Å². The zero-order chi connectivity index (χ0) is 19.2. The summed E-state index contributed by atoms with van der Waals surface area (Å²) in [4.78, 5) is 0. The lowest BCUT2D eigenvalue weighted by atomic mass is 9.91. The summed E-state index contributed by atoms with van der Waals surface area (Å²) in [5.74, 6) is 1.62. The highest BCUT2D eigenvalue weighted by Gasteiger charge is 2.38. The predicted octanol–water partition coefficient (Wildman–Crippen LogP) is 3.28. The highest BCUT2D eigenvalue weighted by molar-refractivity contribution is 7.99. The van der Waals surface area contributed by atoms with Gasteiger partial charge in [-0.25, -0.2) is 0 Å². The number of nitrogens with two attached hydrogens (primary N) is 1. The summed E-state index contributed by atoms with van der Waals surface area (Å²) >= 11 is 1.68. The number of hydrogen-bond acceptors (Lipinski definition) is 6. The molecule has 4 N–H and O–H groups in total. The van der Waals surface area contributed by atoms with Crippen molar-refractivity contribution in [2.45, 2.75) is 32.0 Å². The van der Waals surface area contributed by atoms with Crippen molar-refractivity contribution < 1.29 is 19.7 Å². The van der Waals surface area contributed by atoms with Crippen LogP contribution >= 0.6 is 11.8 Å². The molecule has 2 aromatic rings. The number of thioether (sulfide) groups is 1. The minimum atomic E-state index is -0.494. The molecule has 1 fully saturated rings. The smallest absolute Gasteiger partial charge is 0.185 e. The van der Waals surface area contributed by atoms with Crippen LogP contribution in [0.4, 0.5) is 5.69 Å². The lowest BCUT2D eigenvalue weighted by molar-refractivity contribution is -0.268. The van der Waals surface area contributed by atoms with Crippen LogP contribution < -0.4 is 5.73 Å². The summed E-state index contributed by atoms with van der Waals surface area (Å²) in [5.41, 5.74) is 9.45. The molecule has 0 amide bonds. The van der Waals surface area contributed by atoms with E-state index in [1.165, 1.54) is 0 Å². The van der Waals surface area contributed by atoms with Gasteiger partial charge in [0.1, 0.15) is 0 Å². The number of anilines is 1. The maximum atomic E-state index is 9.28. The first-order valence-electron chi connectivity index (χ1n) is 9.17. The van der Waals surface area contributed by atoms with E-state index in [4.69, 9.17) is 20.3 Å². The molecule has 0 aliphatic carbocycles. The van der Waals surface area contributed by atoms with Crippen molar-refractivity contribution in [3.05, 3.63) is 65.2 Å². The molecule has 0 saturated carbocycles. The summed E-state index contributed by atoms with van der Waals surface area (Å²) in [5, 5.41) is 18.4. The summed E-state index contributed by atoms with van der Waals surface area (Å²) in [6, 6.07) is 15.4. The Bertz CT molecular complexity index is 724. The van der Waals surface area contributed by atoms with Gasteiger partial charge in [0.25, 0.3) is 0 Å². The summed E-state index contributed by atoms with van der Waals surface area (Å²) in [6.45, 7) is 2.31. The van der Waals surface area contributed by atoms with E-state index in [1.807, 2.05) is 48.5 Å². The van der Waals surface area contributed by atoms with Gasteiger partial charge in [-0.1, -0.05) is 43.3 Å². The second-order valence-corrected chi connectivity index (χ2v) is 7.94. The fourth-order valence-corrected chi connectivity index (χ4v) is 4.19. The largest absolute Gasteiger partial charge is 0.399 e. The predicted molar refractivity (Wildman–Crippen MR) is 108 cm³/mol. The lowest BCUT2D eigenvalue weighted by Gasteiger charge is -2.41. The van der Waals surface area contributed by atoms with E-state index in [1.54, 1.807) is 11.8 Å². The van der Waals surface area contributed by atoms with Crippen LogP contribution in [0.2, 0.25) is 0 Å². The zero-order valence-electron chi connectivity index (χ0n) is 15.5. The monoisotopic (exact) mass is 389 g/mol. The SMILES string of the molecule is C[C@H]1[C@@H](CSCCO)OC(c2cccc(N)c2)O[C@H]1c1ccc(CO)cc1. The molecule has 4 atom stereocenters. The van der Waals surface area contributed by atoms with E-state index in [2.05, 4.69) is 6.92 Å². The molecule has 5 nitrogen and oxygen atoms in total. The van der Waals surface area contributed by atoms with Gasteiger partial charge in [0.15, 0.2) is 6.29 Å². The number of ether oxygens (including phenoxy) is 2. The summed E-state index contributed by atoms with van der Waals surface area (Å²) in [6.07, 6.45) is -0.631. The van der Waals surface area contributed by atoms with Gasteiger partial charge in [-0.05, 0) is 23.3 Å². The van der Waals surface area contributed by atoms with Crippen LogP contribution in [0.15, 0.2) is 48.5 Å². The first kappa shape index (κ1) is 20.2. The zero-order valence-corrected chi connectivity index (χ0v) is 16.3. The van der Waals surface area contributed by atoms with E-state index in [0.29, 0.717) is 11.4 Å². The Kier molecular flexibility index (Phi) is 7.15. The number of nitrogen functional groups attached to an aromatic ring is 1. The third-order valence-corrected chi connectivity index (χ3v) is 5.86. The van der Waals surface area contributed by atoms with Crippen molar-refractivity contribution >= 4 is 17.4 Å². The molecule has 0 bridgehead atoms. The average Bonchev–Trinajstić information content (AvgIpc) is 2.69. The minimum absolute atomic E-state index is 0.00995. The molecule has 1 aliphatic heterocycles. The van der Waals surface area contributed by atoms with Crippen molar-refractivity contribution in [1.29, 1.82) is 0 Å². The number of rotatable bonds is 7. The van der Waals surface area contributed by atoms with Crippen LogP contribution in [-0.2, 0) is 16.1 Å². The molecule has 0 spiro atoms. The maximum Gasteiger partial charge on any atom is 0.185 e. The summed E-state index contributed by atoms with van der Waals surface area (Å²) < 4.78 is 12.6. The van der Waals surface area contributed by atoms with Crippen LogP contribution in [0, 0.1) is 5.92 Å². The van der Waals surface area contributed by atoms with Gasteiger partial charge in [0.2, 0.25) is 0 Å². The van der Waals surface area contributed by atoms with Crippen molar-refractivity contribution in [3.8, 4) is 0 Å². The van der Waals surface area contributed by atoms with Crippen LogP contribution in [-0.4, -0.2) is 34.4 Å². The topological polar surface area (TPSA) is 84.9 Å². The van der Waals surface area contributed by atoms with E-state index < -0.39 is 6.29 Å². The van der Waals surface area contributed by atoms with Crippen molar-refractivity contribution in [3.63, 3.8) is 0 Å². The Hall–Kier alpha value is -1.57. The number of aliphatic hydroxyl groups is 2. The number of aliphatic hydroxyl groups excluding tert-OH is 2. The van der Waals surface area contributed by atoms with E-state index >= 15 is 0 Å². The molecule has 3 rings (SSSR count). The second-order valence-electron chi connectivity index (χ2n) is 6.79. The van der Waals surface area contributed by atoms with Gasteiger partial charge >= 0.3 is 0 Å². The van der Waals surface area contributed by atoms with E-state index in [-0.39, 0.29) is 31.3 Å². The van der Waals surface area contributed by atoms with Gasteiger partial charge in [-0.3, -0.25) is 0 Å². The molecule has 2 aromatic carbocycles. The van der Waals surface area contributed by atoms with Crippen LogP contribution in [0.5, 0.6) is 0 Å². The standard InChI is InChI=1S/C21H27NO4S/c1-14-19(13-27-10-9-23)25-21(17-3-2-4-18(22)11-17)26-20(14)16-7-5-15(12-24)6-8-16/h2-8,11,14,19-21,23-24H,9-10,12-13,22H2,1H3/t14-,19+,20+,21?/m0/s1. The molecule has 1 heterocycles. The molecule has 0 radical (unpaired) electrons. The van der Waals surface area contributed by atoms with Crippen molar-refractivity contribution in [2.75, 3.05) is 23.8 Å². The molecule has 27 heavy (non-hydrogen) atoms. The molecular weight excluding hydrogens is 362 g/mol. The van der Waals surface area contributed by atoms with Crippen molar-refractivity contribution in [2.24, 2.45) is 5.92 Å². The minimum Gasteiger partial charge on any atom is -0.399 e. The second kappa shape index (κ2) is 9.57. The fourth-order valence-electron chi connectivity index (χ4n) is 3.28. The van der Waals surface area contributed by atoms with Gasteiger partial charge in [0.05, 0.1) is 25.4 Å². The molecule has 1 saturated heterocycles. The molecule has 1 unspecified atom stereocenters. The number of hydrogen-bond donors (Lipinski definition) is 3. The maximum absolute atomic E-state index is 9.28. The van der Waals surface area contributed by atoms with Gasteiger partial charge < -0.3 is 25.4 Å². The normalized spacial score (nSPS) is 25.4. The Balaban J connectivity index is 1.85. The van der Waals surface area contributed by atoms with Crippen LogP contribution in [0.3, 0.4) is 0 Å². The number of benzene rings is 2. The Morgan fingerprint density at radius 3 is 2.48 bits per heavy atom. The quantitative estimate of drug-likeness (QED) is 0.498. The summed E-state index contributed by atoms with van der Waals surface area (Å²) in [7, 11) is 0. The first-order valence-corrected chi connectivity index (χ1v) is 10.3. The Labute approximate surface area is 164 Å². The molecule has 0 aromatic heterocycles. The third-order valence-electron chi connectivity index (χ3n) is 4.82. The third kappa shape index (κ3) is 5.03. The fraction of sp³-hybridized carbons (Fsp3) is 0.429. The first-order chi connectivity index (χ1) is 13.1. The average molecular weight is 390 g/mol.